The smallest absolute Gasteiger partial charge is 0.278 e. The SMILES string of the molecule is Cc1cccc(NC2=C(c3ccc(Cl)cc3Cl)C(=O)N(CCOC(C)C)C2=O)c1C. The predicted octanol–water partition coefficient (Wildman–Crippen LogP) is 5.23. The topological polar surface area (TPSA) is 58.6 Å². The summed E-state index contributed by atoms with van der Waals surface area (Å²) in [7, 11) is 0. The maximum atomic E-state index is 13.2. The third kappa shape index (κ3) is 4.53. The van der Waals surface area contributed by atoms with Crippen LogP contribution in [0.5, 0.6) is 0 Å². The number of hydrogen-bond acceptors (Lipinski definition) is 4. The molecular weight excluding hydrogens is 423 g/mol. The third-order valence-corrected chi connectivity index (χ3v) is 5.55. The Morgan fingerprint density at radius 1 is 1.07 bits per heavy atom. The van der Waals surface area contributed by atoms with Crippen molar-refractivity contribution in [3.8, 4) is 0 Å². The van der Waals surface area contributed by atoms with Crippen LogP contribution in [0.1, 0.15) is 30.5 Å². The molecule has 0 aliphatic carbocycles. The second-order valence-corrected chi connectivity index (χ2v) is 8.27. The first kappa shape index (κ1) is 22.3. The van der Waals surface area contributed by atoms with Gasteiger partial charge in [-0.15, -0.1) is 0 Å². The van der Waals surface area contributed by atoms with Crippen LogP contribution < -0.4 is 5.32 Å². The number of anilines is 1. The van der Waals surface area contributed by atoms with E-state index in [1.807, 2.05) is 45.9 Å². The van der Waals surface area contributed by atoms with E-state index in [0.29, 0.717) is 15.6 Å². The molecule has 2 aromatic rings. The lowest BCUT2D eigenvalue weighted by Crippen LogP contribution is -2.35. The number of carbonyl (C=O) groups excluding carboxylic acids is 2. The van der Waals surface area contributed by atoms with E-state index in [0.717, 1.165) is 16.8 Å². The fourth-order valence-electron chi connectivity index (χ4n) is 3.24. The molecule has 0 saturated carbocycles. The molecule has 5 nitrogen and oxygen atoms in total. The number of imide groups is 1. The van der Waals surface area contributed by atoms with Crippen LogP contribution in [0.2, 0.25) is 10.0 Å². The van der Waals surface area contributed by atoms with Crippen molar-refractivity contribution < 1.29 is 14.3 Å². The Hall–Kier alpha value is -2.34. The minimum absolute atomic E-state index is 0.00323. The molecule has 1 aliphatic heterocycles. The van der Waals surface area contributed by atoms with Crippen LogP contribution in [-0.2, 0) is 14.3 Å². The van der Waals surface area contributed by atoms with Crippen LogP contribution >= 0.6 is 23.2 Å². The summed E-state index contributed by atoms with van der Waals surface area (Å²) in [4.78, 5) is 27.6. The highest BCUT2D eigenvalue weighted by atomic mass is 35.5. The van der Waals surface area contributed by atoms with Gasteiger partial charge in [0.25, 0.3) is 11.8 Å². The summed E-state index contributed by atoms with van der Waals surface area (Å²) in [6.07, 6.45) is 0.00323. The van der Waals surface area contributed by atoms with E-state index in [4.69, 9.17) is 27.9 Å². The van der Waals surface area contributed by atoms with E-state index in [9.17, 15) is 9.59 Å². The minimum Gasteiger partial charge on any atom is -0.377 e. The van der Waals surface area contributed by atoms with Crippen molar-refractivity contribution in [2.24, 2.45) is 0 Å². The maximum absolute atomic E-state index is 13.2. The monoisotopic (exact) mass is 446 g/mol. The fourth-order valence-corrected chi connectivity index (χ4v) is 3.74. The lowest BCUT2D eigenvalue weighted by atomic mass is 10.0. The van der Waals surface area contributed by atoms with Gasteiger partial charge in [-0.1, -0.05) is 41.4 Å². The zero-order chi connectivity index (χ0) is 22.0. The van der Waals surface area contributed by atoms with Crippen LogP contribution in [0.25, 0.3) is 5.57 Å². The number of nitrogens with zero attached hydrogens (tertiary/aromatic N) is 1. The second-order valence-electron chi connectivity index (χ2n) is 7.43. The average Bonchev–Trinajstić information content (AvgIpc) is 2.90. The van der Waals surface area contributed by atoms with Crippen LogP contribution in [0.3, 0.4) is 0 Å². The molecule has 158 valence electrons. The summed E-state index contributed by atoms with van der Waals surface area (Å²) in [5, 5.41) is 3.94. The molecule has 1 N–H and O–H groups in total. The first-order valence-corrected chi connectivity index (χ1v) is 10.5. The van der Waals surface area contributed by atoms with Crippen molar-refractivity contribution in [3.05, 3.63) is 68.8 Å². The summed E-state index contributed by atoms with van der Waals surface area (Å²) in [5.74, 6) is -0.821. The number of aryl methyl sites for hydroxylation is 1. The van der Waals surface area contributed by atoms with Gasteiger partial charge in [-0.05, 0) is 57.0 Å². The first-order valence-electron chi connectivity index (χ1n) is 9.71. The third-order valence-electron chi connectivity index (χ3n) is 5.00. The van der Waals surface area contributed by atoms with Gasteiger partial charge in [0.15, 0.2) is 0 Å². The molecule has 7 heteroatoms. The summed E-state index contributed by atoms with van der Waals surface area (Å²) >= 11 is 12.4. The van der Waals surface area contributed by atoms with Gasteiger partial charge in [-0.3, -0.25) is 14.5 Å². The highest BCUT2D eigenvalue weighted by Gasteiger charge is 2.40. The van der Waals surface area contributed by atoms with Crippen molar-refractivity contribution >= 4 is 46.3 Å². The van der Waals surface area contributed by atoms with Crippen molar-refractivity contribution in [1.82, 2.24) is 4.90 Å². The van der Waals surface area contributed by atoms with E-state index in [1.165, 1.54) is 4.90 Å². The molecule has 0 atom stereocenters. The second kappa shape index (κ2) is 9.21. The number of carbonyl (C=O) groups is 2. The van der Waals surface area contributed by atoms with Crippen LogP contribution in [0, 0.1) is 13.8 Å². The Morgan fingerprint density at radius 3 is 2.47 bits per heavy atom. The zero-order valence-corrected chi connectivity index (χ0v) is 18.9. The standard InChI is InChI=1S/C23H24Cl2N2O3/c1-13(2)30-11-10-27-22(28)20(17-9-8-16(24)12-18(17)25)21(23(27)29)26-19-7-5-6-14(3)15(19)4/h5-9,12-13,26H,10-11H2,1-4H3. The molecule has 2 aromatic carbocycles. The molecule has 0 fully saturated rings. The zero-order valence-electron chi connectivity index (χ0n) is 17.4. The number of halogens is 2. The number of rotatable bonds is 7. The van der Waals surface area contributed by atoms with Gasteiger partial charge in [0.2, 0.25) is 0 Å². The predicted molar refractivity (Wildman–Crippen MR) is 121 cm³/mol. The van der Waals surface area contributed by atoms with Gasteiger partial charge in [-0.25, -0.2) is 0 Å². The number of nitrogens with one attached hydrogen (secondary N) is 1. The Kier molecular flexibility index (Phi) is 6.86. The van der Waals surface area contributed by atoms with E-state index in [-0.39, 0.29) is 30.5 Å². The van der Waals surface area contributed by atoms with Crippen molar-refractivity contribution in [1.29, 1.82) is 0 Å². The van der Waals surface area contributed by atoms with Crippen LogP contribution in [0.4, 0.5) is 5.69 Å². The molecule has 30 heavy (non-hydrogen) atoms. The Morgan fingerprint density at radius 2 is 1.80 bits per heavy atom. The first-order chi connectivity index (χ1) is 14.2. The van der Waals surface area contributed by atoms with Gasteiger partial charge in [0.05, 0.1) is 29.9 Å². The van der Waals surface area contributed by atoms with Gasteiger partial charge < -0.3 is 10.1 Å². The number of hydrogen-bond donors (Lipinski definition) is 1. The molecule has 1 aliphatic rings. The fraction of sp³-hybridized carbons (Fsp3) is 0.304. The lowest BCUT2D eigenvalue weighted by molar-refractivity contribution is -0.137. The largest absolute Gasteiger partial charge is 0.377 e. The van der Waals surface area contributed by atoms with E-state index >= 15 is 0 Å². The Bertz CT molecular complexity index is 1030. The average molecular weight is 447 g/mol. The van der Waals surface area contributed by atoms with E-state index in [1.54, 1.807) is 18.2 Å². The summed E-state index contributed by atoms with van der Waals surface area (Å²) in [6.45, 7) is 8.17. The molecule has 0 aromatic heterocycles. The summed E-state index contributed by atoms with van der Waals surface area (Å²) in [6, 6.07) is 10.6. The number of amides is 2. The highest BCUT2D eigenvalue weighted by Crippen LogP contribution is 2.35. The Balaban J connectivity index is 2.05. The molecule has 0 unspecified atom stereocenters. The molecule has 2 amide bonds. The molecular formula is C23H24Cl2N2O3. The highest BCUT2D eigenvalue weighted by molar-refractivity contribution is 6.41. The molecule has 1 heterocycles. The molecule has 0 spiro atoms. The number of ether oxygens (including phenoxy) is 1. The number of benzene rings is 2. The van der Waals surface area contributed by atoms with E-state index < -0.39 is 11.8 Å². The molecule has 0 radical (unpaired) electrons. The molecule has 0 bridgehead atoms. The van der Waals surface area contributed by atoms with Gasteiger partial charge in [-0.2, -0.15) is 0 Å². The summed E-state index contributed by atoms with van der Waals surface area (Å²) < 4.78 is 5.54. The van der Waals surface area contributed by atoms with Gasteiger partial charge in [0, 0.05) is 16.3 Å². The Labute approximate surface area is 186 Å². The van der Waals surface area contributed by atoms with Crippen LogP contribution in [0.15, 0.2) is 42.1 Å². The summed E-state index contributed by atoms with van der Waals surface area (Å²) in [5.41, 5.74) is 3.71. The van der Waals surface area contributed by atoms with Crippen molar-refractivity contribution in [2.45, 2.75) is 33.8 Å². The van der Waals surface area contributed by atoms with Crippen LogP contribution in [-0.4, -0.2) is 36.0 Å². The van der Waals surface area contributed by atoms with Gasteiger partial charge in [0.1, 0.15) is 5.70 Å². The lowest BCUT2D eigenvalue weighted by Gasteiger charge is -2.17. The minimum atomic E-state index is -0.413. The van der Waals surface area contributed by atoms with Crippen molar-refractivity contribution in [2.75, 3.05) is 18.5 Å². The quantitative estimate of drug-likeness (QED) is 0.591. The normalized spacial score (nSPS) is 14.3. The maximum Gasteiger partial charge on any atom is 0.278 e. The van der Waals surface area contributed by atoms with Crippen molar-refractivity contribution in [3.63, 3.8) is 0 Å². The van der Waals surface area contributed by atoms with E-state index in [2.05, 4.69) is 5.32 Å². The molecule has 0 saturated heterocycles. The van der Waals surface area contributed by atoms with Gasteiger partial charge >= 0.3 is 0 Å². The molecule has 3 rings (SSSR count).